The molecule has 0 saturated carbocycles. The Balaban J connectivity index is 1.96. The van der Waals surface area contributed by atoms with E-state index < -0.39 is 0 Å². The van der Waals surface area contributed by atoms with Crippen LogP contribution >= 0.6 is 0 Å². The van der Waals surface area contributed by atoms with Crippen molar-refractivity contribution in [3.8, 4) is 11.4 Å². The minimum Gasteiger partial charge on any atom is -0.397 e. The highest BCUT2D eigenvalue weighted by molar-refractivity contribution is 6.06. The Morgan fingerprint density at radius 3 is 2.27 bits per heavy atom. The molecule has 0 aliphatic carbocycles. The molecular formula is C17H14N4O. The molecule has 0 saturated heterocycles. The molecule has 2 aromatic heterocycles. The Hall–Kier alpha value is -3.21. The molecule has 0 atom stereocenters. The molecule has 0 aliphatic rings. The van der Waals surface area contributed by atoms with E-state index in [0.717, 1.165) is 0 Å². The minimum atomic E-state index is -0.204. The summed E-state index contributed by atoms with van der Waals surface area (Å²) in [7, 11) is 0. The van der Waals surface area contributed by atoms with Crippen LogP contribution in [0.5, 0.6) is 0 Å². The summed E-state index contributed by atoms with van der Waals surface area (Å²) in [5.74, 6) is -0.204. The van der Waals surface area contributed by atoms with Gasteiger partial charge in [-0.25, -0.2) is 0 Å². The Morgan fingerprint density at radius 2 is 1.55 bits per heavy atom. The second-order valence-electron chi connectivity index (χ2n) is 4.66. The van der Waals surface area contributed by atoms with Gasteiger partial charge in [-0.3, -0.25) is 14.8 Å². The van der Waals surface area contributed by atoms with E-state index in [2.05, 4.69) is 15.3 Å². The van der Waals surface area contributed by atoms with E-state index in [4.69, 9.17) is 5.73 Å². The van der Waals surface area contributed by atoms with Crippen molar-refractivity contribution in [2.75, 3.05) is 11.1 Å². The number of amides is 1. The second-order valence-corrected chi connectivity index (χ2v) is 4.66. The quantitative estimate of drug-likeness (QED) is 0.777. The third-order valence-electron chi connectivity index (χ3n) is 3.16. The number of hydrogen-bond acceptors (Lipinski definition) is 4. The Kier molecular flexibility index (Phi) is 3.78. The van der Waals surface area contributed by atoms with Crippen LogP contribution in [0.15, 0.2) is 67.0 Å². The first-order chi connectivity index (χ1) is 10.8. The van der Waals surface area contributed by atoms with Crippen molar-refractivity contribution in [2.24, 2.45) is 0 Å². The second kappa shape index (κ2) is 6.05. The smallest absolute Gasteiger partial charge is 0.255 e. The first kappa shape index (κ1) is 13.8. The Bertz CT molecular complexity index is 803. The van der Waals surface area contributed by atoms with Crippen molar-refractivity contribution in [3.05, 3.63) is 72.6 Å². The maximum atomic E-state index is 12.3. The molecular weight excluding hydrogens is 276 g/mol. The number of rotatable bonds is 3. The van der Waals surface area contributed by atoms with Gasteiger partial charge in [0.05, 0.1) is 11.4 Å². The van der Waals surface area contributed by atoms with Gasteiger partial charge in [0.15, 0.2) is 0 Å². The van der Waals surface area contributed by atoms with Gasteiger partial charge < -0.3 is 11.1 Å². The van der Waals surface area contributed by atoms with Crippen LogP contribution in [0.25, 0.3) is 11.4 Å². The predicted octanol–water partition coefficient (Wildman–Crippen LogP) is 2.98. The van der Waals surface area contributed by atoms with E-state index in [1.807, 2.05) is 18.2 Å². The standard InChI is InChI=1S/C17H14N4O/c18-13-8-4-10-19-15(13)16-14(9-5-11-20-16)21-17(22)12-6-2-1-3-7-12/h1-11H,18H2,(H,21,22). The van der Waals surface area contributed by atoms with Crippen LogP contribution in [0, 0.1) is 0 Å². The van der Waals surface area contributed by atoms with E-state index in [9.17, 15) is 4.79 Å². The number of hydrogen-bond donors (Lipinski definition) is 2. The highest BCUT2D eigenvalue weighted by Gasteiger charge is 2.13. The maximum Gasteiger partial charge on any atom is 0.255 e. The highest BCUT2D eigenvalue weighted by atomic mass is 16.1. The molecule has 108 valence electrons. The normalized spacial score (nSPS) is 10.2. The number of aromatic nitrogens is 2. The number of nitrogens with one attached hydrogen (secondary N) is 1. The zero-order chi connectivity index (χ0) is 15.4. The zero-order valence-electron chi connectivity index (χ0n) is 11.7. The molecule has 1 aromatic carbocycles. The number of nitrogens with zero attached hydrogens (tertiary/aromatic N) is 2. The van der Waals surface area contributed by atoms with Crippen molar-refractivity contribution in [1.82, 2.24) is 9.97 Å². The fourth-order valence-electron chi connectivity index (χ4n) is 2.09. The maximum absolute atomic E-state index is 12.3. The SMILES string of the molecule is Nc1cccnc1-c1ncccc1NC(=O)c1ccccc1. The summed E-state index contributed by atoms with van der Waals surface area (Å²) in [5.41, 5.74) is 8.70. The lowest BCUT2D eigenvalue weighted by molar-refractivity contribution is 0.102. The molecule has 1 amide bonds. The summed E-state index contributed by atoms with van der Waals surface area (Å²) in [4.78, 5) is 20.8. The number of carbonyl (C=O) groups is 1. The van der Waals surface area contributed by atoms with Gasteiger partial charge in [0.25, 0.3) is 5.91 Å². The van der Waals surface area contributed by atoms with Gasteiger partial charge in [-0.1, -0.05) is 18.2 Å². The van der Waals surface area contributed by atoms with E-state index >= 15 is 0 Å². The third kappa shape index (κ3) is 2.78. The molecule has 0 radical (unpaired) electrons. The van der Waals surface area contributed by atoms with Gasteiger partial charge in [0.1, 0.15) is 11.4 Å². The average molecular weight is 290 g/mol. The summed E-state index contributed by atoms with van der Waals surface area (Å²) in [6.45, 7) is 0. The van der Waals surface area contributed by atoms with Crippen LogP contribution < -0.4 is 11.1 Å². The van der Waals surface area contributed by atoms with Crippen LogP contribution in [-0.2, 0) is 0 Å². The van der Waals surface area contributed by atoms with Gasteiger partial charge in [0.2, 0.25) is 0 Å². The Labute approximate surface area is 127 Å². The van der Waals surface area contributed by atoms with E-state index in [1.165, 1.54) is 0 Å². The Morgan fingerprint density at radius 1 is 0.864 bits per heavy atom. The van der Waals surface area contributed by atoms with Crippen LogP contribution in [0.3, 0.4) is 0 Å². The van der Waals surface area contributed by atoms with Gasteiger partial charge in [-0.15, -0.1) is 0 Å². The number of pyridine rings is 2. The first-order valence-corrected chi connectivity index (χ1v) is 6.78. The van der Waals surface area contributed by atoms with Gasteiger partial charge in [-0.05, 0) is 36.4 Å². The molecule has 0 fully saturated rings. The predicted molar refractivity (Wildman–Crippen MR) is 86.3 cm³/mol. The zero-order valence-corrected chi connectivity index (χ0v) is 11.7. The fraction of sp³-hybridized carbons (Fsp3) is 0. The number of benzene rings is 1. The van der Waals surface area contributed by atoms with Gasteiger partial charge >= 0.3 is 0 Å². The lowest BCUT2D eigenvalue weighted by Gasteiger charge is -2.11. The average Bonchev–Trinajstić information content (AvgIpc) is 2.57. The van der Waals surface area contributed by atoms with Gasteiger partial charge in [0, 0.05) is 18.0 Å². The molecule has 5 nitrogen and oxygen atoms in total. The number of nitrogens with two attached hydrogens (primary N) is 1. The van der Waals surface area contributed by atoms with Gasteiger partial charge in [-0.2, -0.15) is 0 Å². The molecule has 2 heterocycles. The summed E-state index contributed by atoms with van der Waals surface area (Å²) < 4.78 is 0. The largest absolute Gasteiger partial charge is 0.397 e. The monoisotopic (exact) mass is 290 g/mol. The van der Waals surface area contributed by atoms with E-state index in [-0.39, 0.29) is 5.91 Å². The van der Waals surface area contributed by atoms with Crippen molar-refractivity contribution in [2.45, 2.75) is 0 Å². The van der Waals surface area contributed by atoms with Crippen molar-refractivity contribution in [1.29, 1.82) is 0 Å². The minimum absolute atomic E-state index is 0.204. The molecule has 0 bridgehead atoms. The van der Waals surface area contributed by atoms with Crippen LogP contribution in [0.4, 0.5) is 11.4 Å². The fourth-order valence-corrected chi connectivity index (χ4v) is 2.09. The molecule has 3 rings (SSSR count). The van der Waals surface area contributed by atoms with Crippen LogP contribution in [0.2, 0.25) is 0 Å². The summed E-state index contributed by atoms with van der Waals surface area (Å²) in [6.07, 6.45) is 3.28. The first-order valence-electron chi connectivity index (χ1n) is 6.78. The lowest BCUT2D eigenvalue weighted by Crippen LogP contribution is -2.13. The summed E-state index contributed by atoms with van der Waals surface area (Å²) in [6, 6.07) is 16.0. The van der Waals surface area contributed by atoms with Crippen molar-refractivity contribution < 1.29 is 4.79 Å². The molecule has 5 heteroatoms. The number of anilines is 2. The topological polar surface area (TPSA) is 80.9 Å². The van der Waals surface area contributed by atoms with Crippen molar-refractivity contribution in [3.63, 3.8) is 0 Å². The number of carbonyl (C=O) groups excluding carboxylic acids is 1. The molecule has 22 heavy (non-hydrogen) atoms. The molecule has 0 spiro atoms. The summed E-state index contributed by atoms with van der Waals surface area (Å²) in [5, 5.41) is 2.86. The van der Waals surface area contributed by atoms with Crippen molar-refractivity contribution >= 4 is 17.3 Å². The molecule has 0 aliphatic heterocycles. The summed E-state index contributed by atoms with van der Waals surface area (Å²) >= 11 is 0. The van der Waals surface area contributed by atoms with E-state index in [1.54, 1.807) is 48.8 Å². The third-order valence-corrected chi connectivity index (χ3v) is 3.16. The van der Waals surface area contributed by atoms with Crippen LogP contribution in [-0.4, -0.2) is 15.9 Å². The van der Waals surface area contributed by atoms with E-state index in [0.29, 0.717) is 28.3 Å². The molecule has 3 N–H and O–H groups in total. The molecule has 3 aromatic rings. The van der Waals surface area contributed by atoms with Crippen LogP contribution in [0.1, 0.15) is 10.4 Å². The number of nitrogen functional groups attached to an aromatic ring is 1. The molecule has 0 unspecified atom stereocenters. The lowest BCUT2D eigenvalue weighted by atomic mass is 10.1. The highest BCUT2D eigenvalue weighted by Crippen LogP contribution is 2.28.